The summed E-state index contributed by atoms with van der Waals surface area (Å²) in [5, 5.41) is 7.92. The number of fused-ring (bicyclic) bond motifs is 1. The van der Waals surface area contributed by atoms with Crippen molar-refractivity contribution < 1.29 is 4.52 Å². The second-order valence-electron chi connectivity index (χ2n) is 3.94. The molecule has 0 atom stereocenters. The van der Waals surface area contributed by atoms with Gasteiger partial charge in [-0.3, -0.25) is 4.98 Å². The average Bonchev–Trinajstić information content (AvgIpc) is 2.91. The molecule has 18 heavy (non-hydrogen) atoms. The third kappa shape index (κ3) is 1.86. The van der Waals surface area contributed by atoms with Gasteiger partial charge in [0, 0.05) is 11.5 Å². The molecule has 0 spiro atoms. The summed E-state index contributed by atoms with van der Waals surface area (Å²) in [6, 6.07) is 9.66. The highest BCUT2D eigenvalue weighted by molar-refractivity contribution is 5.96. The number of rotatable bonds is 3. The number of nitrogens with two attached hydrogens (primary N) is 1. The van der Waals surface area contributed by atoms with E-state index in [0.29, 0.717) is 12.2 Å². The van der Waals surface area contributed by atoms with Gasteiger partial charge < -0.3 is 15.6 Å². The van der Waals surface area contributed by atoms with Crippen molar-refractivity contribution in [2.75, 3.05) is 11.1 Å². The summed E-state index contributed by atoms with van der Waals surface area (Å²) in [6.07, 6.45) is 3.27. The summed E-state index contributed by atoms with van der Waals surface area (Å²) < 4.78 is 5.04. The first kappa shape index (κ1) is 10.6. The van der Waals surface area contributed by atoms with Crippen LogP contribution in [0.5, 0.6) is 0 Å². The van der Waals surface area contributed by atoms with E-state index in [1.165, 1.54) is 0 Å². The maximum atomic E-state index is 5.95. The van der Waals surface area contributed by atoms with Crippen molar-refractivity contribution in [1.29, 1.82) is 0 Å². The molecule has 0 aliphatic heterocycles. The van der Waals surface area contributed by atoms with Crippen LogP contribution < -0.4 is 11.1 Å². The zero-order chi connectivity index (χ0) is 12.4. The SMILES string of the molecule is Nc1cnc2ccccc2c1NCc1ccno1. The maximum absolute atomic E-state index is 5.95. The van der Waals surface area contributed by atoms with Crippen molar-refractivity contribution in [3.05, 3.63) is 48.5 Å². The van der Waals surface area contributed by atoms with Gasteiger partial charge in [0.1, 0.15) is 0 Å². The van der Waals surface area contributed by atoms with E-state index in [1.54, 1.807) is 12.4 Å². The third-order valence-electron chi connectivity index (χ3n) is 2.74. The molecule has 2 heterocycles. The van der Waals surface area contributed by atoms with E-state index in [-0.39, 0.29) is 0 Å². The average molecular weight is 240 g/mol. The van der Waals surface area contributed by atoms with Gasteiger partial charge in [-0.15, -0.1) is 0 Å². The molecular formula is C13H12N4O. The Hall–Kier alpha value is -2.56. The van der Waals surface area contributed by atoms with Crippen LogP contribution in [0.4, 0.5) is 11.4 Å². The van der Waals surface area contributed by atoms with Crippen LogP contribution in [-0.4, -0.2) is 10.1 Å². The molecule has 0 radical (unpaired) electrons. The number of hydrogen-bond acceptors (Lipinski definition) is 5. The van der Waals surface area contributed by atoms with E-state index in [4.69, 9.17) is 10.3 Å². The fourth-order valence-electron chi connectivity index (χ4n) is 1.86. The first-order chi connectivity index (χ1) is 8.84. The molecule has 1 aromatic carbocycles. The van der Waals surface area contributed by atoms with E-state index in [1.807, 2.05) is 30.3 Å². The van der Waals surface area contributed by atoms with E-state index in [0.717, 1.165) is 22.4 Å². The molecule has 3 rings (SSSR count). The Bertz CT molecular complexity index is 664. The molecular weight excluding hydrogens is 228 g/mol. The summed E-state index contributed by atoms with van der Waals surface area (Å²) >= 11 is 0. The van der Waals surface area contributed by atoms with Gasteiger partial charge in [0.05, 0.1) is 35.8 Å². The van der Waals surface area contributed by atoms with Crippen LogP contribution in [0.15, 0.2) is 47.2 Å². The fourth-order valence-corrected chi connectivity index (χ4v) is 1.86. The molecule has 90 valence electrons. The van der Waals surface area contributed by atoms with Gasteiger partial charge in [-0.2, -0.15) is 0 Å². The third-order valence-corrected chi connectivity index (χ3v) is 2.74. The van der Waals surface area contributed by atoms with E-state index >= 15 is 0 Å². The number of aromatic nitrogens is 2. The minimum absolute atomic E-state index is 0.540. The van der Waals surface area contributed by atoms with Crippen molar-refractivity contribution in [2.24, 2.45) is 0 Å². The standard InChI is InChI=1S/C13H12N4O/c14-11-8-15-12-4-2-1-3-10(12)13(11)16-7-9-5-6-17-18-9/h1-6,8H,7,14H2,(H,15,16). The summed E-state index contributed by atoms with van der Waals surface area (Å²) in [4.78, 5) is 4.29. The predicted molar refractivity (Wildman–Crippen MR) is 70.0 cm³/mol. The van der Waals surface area contributed by atoms with Crippen molar-refractivity contribution in [3.8, 4) is 0 Å². The Morgan fingerprint density at radius 1 is 1.22 bits per heavy atom. The quantitative estimate of drug-likeness (QED) is 0.735. The largest absolute Gasteiger partial charge is 0.396 e. The topological polar surface area (TPSA) is 77.0 Å². The van der Waals surface area contributed by atoms with Crippen molar-refractivity contribution in [2.45, 2.75) is 6.54 Å². The van der Waals surface area contributed by atoms with Gasteiger partial charge in [0.15, 0.2) is 5.76 Å². The van der Waals surface area contributed by atoms with Crippen LogP contribution in [0, 0.1) is 0 Å². The lowest BCUT2D eigenvalue weighted by molar-refractivity contribution is 0.388. The monoisotopic (exact) mass is 240 g/mol. The van der Waals surface area contributed by atoms with E-state index < -0.39 is 0 Å². The van der Waals surface area contributed by atoms with Crippen molar-refractivity contribution in [1.82, 2.24) is 10.1 Å². The van der Waals surface area contributed by atoms with Gasteiger partial charge in [-0.05, 0) is 6.07 Å². The summed E-state index contributed by atoms with van der Waals surface area (Å²) in [7, 11) is 0. The Morgan fingerprint density at radius 2 is 2.11 bits per heavy atom. The number of nitrogens with zero attached hydrogens (tertiary/aromatic N) is 2. The van der Waals surface area contributed by atoms with Crippen LogP contribution in [-0.2, 0) is 6.54 Å². The van der Waals surface area contributed by atoms with Gasteiger partial charge in [-0.25, -0.2) is 0 Å². The lowest BCUT2D eigenvalue weighted by atomic mass is 10.1. The number of nitrogens with one attached hydrogen (secondary N) is 1. The molecule has 0 fully saturated rings. The van der Waals surface area contributed by atoms with E-state index in [2.05, 4.69) is 15.5 Å². The minimum atomic E-state index is 0.540. The van der Waals surface area contributed by atoms with Crippen molar-refractivity contribution >= 4 is 22.3 Å². The second kappa shape index (κ2) is 4.37. The number of hydrogen-bond donors (Lipinski definition) is 2. The number of nitrogen functional groups attached to an aromatic ring is 1. The molecule has 0 saturated heterocycles. The fraction of sp³-hybridized carbons (Fsp3) is 0.0769. The molecule has 0 saturated carbocycles. The predicted octanol–water partition coefficient (Wildman–Crippen LogP) is 2.42. The van der Waals surface area contributed by atoms with Gasteiger partial charge >= 0.3 is 0 Å². The van der Waals surface area contributed by atoms with E-state index in [9.17, 15) is 0 Å². The molecule has 0 amide bonds. The van der Waals surface area contributed by atoms with Crippen molar-refractivity contribution in [3.63, 3.8) is 0 Å². The Balaban J connectivity index is 1.97. The zero-order valence-corrected chi connectivity index (χ0v) is 9.63. The molecule has 0 unspecified atom stereocenters. The summed E-state index contributed by atoms with van der Waals surface area (Å²) in [6.45, 7) is 0.540. The normalized spacial score (nSPS) is 10.7. The number of para-hydroxylation sites is 1. The summed E-state index contributed by atoms with van der Waals surface area (Å²) in [5.41, 5.74) is 8.35. The lowest BCUT2D eigenvalue weighted by Gasteiger charge is -2.10. The summed E-state index contributed by atoms with van der Waals surface area (Å²) in [5.74, 6) is 0.760. The number of pyridine rings is 1. The number of benzene rings is 1. The van der Waals surface area contributed by atoms with Gasteiger partial charge in [-0.1, -0.05) is 23.4 Å². The van der Waals surface area contributed by atoms with Crippen LogP contribution in [0.3, 0.4) is 0 Å². The second-order valence-corrected chi connectivity index (χ2v) is 3.94. The van der Waals surface area contributed by atoms with Crippen LogP contribution in [0.25, 0.3) is 10.9 Å². The first-order valence-corrected chi connectivity index (χ1v) is 5.61. The minimum Gasteiger partial charge on any atom is -0.396 e. The zero-order valence-electron chi connectivity index (χ0n) is 9.63. The lowest BCUT2D eigenvalue weighted by Crippen LogP contribution is -2.03. The first-order valence-electron chi connectivity index (χ1n) is 5.61. The Morgan fingerprint density at radius 3 is 2.94 bits per heavy atom. The molecule has 3 N–H and O–H groups in total. The Labute approximate surface area is 104 Å². The molecule has 2 aromatic heterocycles. The van der Waals surface area contributed by atoms with Crippen LogP contribution >= 0.6 is 0 Å². The molecule has 3 aromatic rings. The van der Waals surface area contributed by atoms with Gasteiger partial charge in [0.2, 0.25) is 0 Å². The van der Waals surface area contributed by atoms with Crippen LogP contribution in [0.1, 0.15) is 5.76 Å². The highest BCUT2D eigenvalue weighted by atomic mass is 16.5. The molecule has 0 aliphatic carbocycles. The molecule has 0 bridgehead atoms. The Kier molecular flexibility index (Phi) is 2.57. The van der Waals surface area contributed by atoms with Crippen LogP contribution in [0.2, 0.25) is 0 Å². The highest BCUT2D eigenvalue weighted by Crippen LogP contribution is 2.27. The molecule has 5 nitrogen and oxygen atoms in total. The highest BCUT2D eigenvalue weighted by Gasteiger charge is 2.06. The molecule has 5 heteroatoms. The molecule has 0 aliphatic rings. The smallest absolute Gasteiger partial charge is 0.155 e. The van der Waals surface area contributed by atoms with Gasteiger partial charge in [0.25, 0.3) is 0 Å². The maximum Gasteiger partial charge on any atom is 0.155 e. The number of anilines is 2.